The van der Waals surface area contributed by atoms with Gasteiger partial charge >= 0.3 is 0 Å². The molecule has 1 atom stereocenters. The standard InChI is InChI=1S/C15H13Cl3O/c1-8-6-13(17)9(2)5-11(8)15(19)10-3-4-12(16)14(18)7-10/h3-7,15,19H,1-2H3. The Bertz CT molecular complexity index is 623. The van der Waals surface area contributed by atoms with Crippen LogP contribution in [0.25, 0.3) is 0 Å². The topological polar surface area (TPSA) is 20.2 Å². The van der Waals surface area contributed by atoms with Crippen LogP contribution in [0.1, 0.15) is 28.4 Å². The molecule has 0 radical (unpaired) electrons. The van der Waals surface area contributed by atoms with E-state index < -0.39 is 6.10 Å². The first-order valence-corrected chi connectivity index (χ1v) is 6.93. The Morgan fingerprint density at radius 1 is 0.842 bits per heavy atom. The smallest absolute Gasteiger partial charge is 0.104 e. The predicted octanol–water partition coefficient (Wildman–Crippen LogP) is 5.35. The molecule has 1 unspecified atom stereocenters. The molecule has 0 aromatic heterocycles. The molecule has 0 saturated heterocycles. The first-order chi connectivity index (χ1) is 8.90. The van der Waals surface area contributed by atoms with Crippen LogP contribution in [0.4, 0.5) is 0 Å². The monoisotopic (exact) mass is 314 g/mol. The Kier molecular flexibility index (Phi) is 4.42. The van der Waals surface area contributed by atoms with Gasteiger partial charge in [-0.2, -0.15) is 0 Å². The molecule has 0 amide bonds. The van der Waals surface area contributed by atoms with Gasteiger partial charge in [-0.3, -0.25) is 0 Å². The third kappa shape index (κ3) is 3.06. The summed E-state index contributed by atoms with van der Waals surface area (Å²) in [6.45, 7) is 3.83. The fraction of sp³-hybridized carbons (Fsp3) is 0.200. The molecule has 0 aliphatic rings. The van der Waals surface area contributed by atoms with Crippen LogP contribution in [0.15, 0.2) is 30.3 Å². The number of halogens is 3. The lowest BCUT2D eigenvalue weighted by Gasteiger charge is -2.16. The van der Waals surface area contributed by atoms with Crippen molar-refractivity contribution in [1.29, 1.82) is 0 Å². The minimum atomic E-state index is -0.745. The van der Waals surface area contributed by atoms with Gasteiger partial charge in [0.1, 0.15) is 6.10 Å². The molecule has 1 nitrogen and oxygen atoms in total. The normalized spacial score (nSPS) is 12.5. The molecule has 0 aliphatic carbocycles. The van der Waals surface area contributed by atoms with Gasteiger partial charge < -0.3 is 5.11 Å². The molecule has 0 aliphatic heterocycles. The van der Waals surface area contributed by atoms with Crippen LogP contribution < -0.4 is 0 Å². The zero-order valence-corrected chi connectivity index (χ0v) is 12.8. The number of aliphatic hydroxyl groups excluding tert-OH is 1. The first kappa shape index (κ1) is 14.7. The molecule has 100 valence electrons. The van der Waals surface area contributed by atoms with E-state index >= 15 is 0 Å². The second kappa shape index (κ2) is 5.72. The highest BCUT2D eigenvalue weighted by atomic mass is 35.5. The van der Waals surface area contributed by atoms with Gasteiger partial charge in [-0.05, 0) is 54.3 Å². The molecule has 2 aromatic rings. The summed E-state index contributed by atoms with van der Waals surface area (Å²) >= 11 is 17.9. The maximum atomic E-state index is 10.5. The molecule has 0 fully saturated rings. The van der Waals surface area contributed by atoms with E-state index in [1.54, 1.807) is 18.2 Å². The maximum absolute atomic E-state index is 10.5. The molecule has 4 heteroatoms. The lowest BCUT2D eigenvalue weighted by Crippen LogP contribution is -2.03. The second-order valence-corrected chi connectivity index (χ2v) is 5.76. The van der Waals surface area contributed by atoms with Gasteiger partial charge in [-0.1, -0.05) is 46.9 Å². The van der Waals surface area contributed by atoms with E-state index in [1.165, 1.54) is 0 Å². The van der Waals surface area contributed by atoms with Crippen LogP contribution in [0.5, 0.6) is 0 Å². The third-order valence-corrected chi connectivity index (χ3v) is 4.25. The summed E-state index contributed by atoms with van der Waals surface area (Å²) in [4.78, 5) is 0. The van der Waals surface area contributed by atoms with Crippen molar-refractivity contribution in [2.75, 3.05) is 0 Å². The largest absolute Gasteiger partial charge is 0.384 e. The van der Waals surface area contributed by atoms with Crippen LogP contribution >= 0.6 is 34.8 Å². The maximum Gasteiger partial charge on any atom is 0.104 e. The SMILES string of the molecule is Cc1cc(C(O)c2ccc(Cl)c(Cl)c2)c(C)cc1Cl. The summed E-state index contributed by atoms with van der Waals surface area (Å²) in [5, 5.41) is 12.1. The van der Waals surface area contributed by atoms with E-state index in [0.717, 1.165) is 16.7 Å². The van der Waals surface area contributed by atoms with Crippen LogP contribution in [0, 0.1) is 13.8 Å². The minimum absolute atomic E-state index is 0.432. The van der Waals surface area contributed by atoms with E-state index in [9.17, 15) is 5.11 Å². The molecule has 1 N–H and O–H groups in total. The van der Waals surface area contributed by atoms with Crippen molar-refractivity contribution in [3.05, 3.63) is 67.7 Å². The molecule has 19 heavy (non-hydrogen) atoms. The quantitative estimate of drug-likeness (QED) is 0.792. The van der Waals surface area contributed by atoms with Crippen molar-refractivity contribution in [3.8, 4) is 0 Å². The Morgan fingerprint density at radius 2 is 1.53 bits per heavy atom. The number of rotatable bonds is 2. The van der Waals surface area contributed by atoms with Crippen LogP contribution in [-0.2, 0) is 0 Å². The Hall–Kier alpha value is -0.730. The van der Waals surface area contributed by atoms with Crippen molar-refractivity contribution >= 4 is 34.8 Å². The van der Waals surface area contributed by atoms with Gasteiger partial charge in [0.2, 0.25) is 0 Å². The predicted molar refractivity (Wildman–Crippen MR) is 81.4 cm³/mol. The average molecular weight is 316 g/mol. The fourth-order valence-electron chi connectivity index (χ4n) is 1.96. The molecular weight excluding hydrogens is 303 g/mol. The fourth-order valence-corrected chi connectivity index (χ4v) is 2.48. The highest BCUT2D eigenvalue weighted by Crippen LogP contribution is 2.32. The molecule has 0 heterocycles. The first-order valence-electron chi connectivity index (χ1n) is 5.80. The van der Waals surface area contributed by atoms with Crippen molar-refractivity contribution in [1.82, 2.24) is 0 Å². The average Bonchev–Trinajstić information content (AvgIpc) is 2.36. The molecule has 0 spiro atoms. The summed E-state index contributed by atoms with van der Waals surface area (Å²) in [6, 6.07) is 8.87. The van der Waals surface area contributed by atoms with Crippen LogP contribution in [0.3, 0.4) is 0 Å². The Labute approximate surface area is 127 Å². The minimum Gasteiger partial charge on any atom is -0.384 e. The van der Waals surface area contributed by atoms with E-state index in [4.69, 9.17) is 34.8 Å². The Morgan fingerprint density at radius 3 is 2.16 bits per heavy atom. The van der Waals surface area contributed by atoms with Crippen molar-refractivity contribution in [2.24, 2.45) is 0 Å². The third-order valence-electron chi connectivity index (χ3n) is 3.10. The summed E-state index contributed by atoms with van der Waals surface area (Å²) in [5.41, 5.74) is 3.40. The summed E-state index contributed by atoms with van der Waals surface area (Å²) < 4.78 is 0. The summed E-state index contributed by atoms with van der Waals surface area (Å²) in [5.74, 6) is 0. The lowest BCUT2D eigenvalue weighted by atomic mass is 9.96. The Balaban J connectivity index is 2.46. The van der Waals surface area contributed by atoms with E-state index in [-0.39, 0.29) is 0 Å². The van der Waals surface area contributed by atoms with Gasteiger partial charge in [0.05, 0.1) is 10.0 Å². The number of hydrogen-bond acceptors (Lipinski definition) is 1. The highest BCUT2D eigenvalue weighted by Gasteiger charge is 2.15. The van der Waals surface area contributed by atoms with Crippen molar-refractivity contribution in [2.45, 2.75) is 20.0 Å². The van der Waals surface area contributed by atoms with Gasteiger partial charge in [0.25, 0.3) is 0 Å². The molecule has 0 saturated carbocycles. The second-order valence-electron chi connectivity index (χ2n) is 4.53. The number of aryl methyl sites for hydroxylation is 2. The van der Waals surface area contributed by atoms with Gasteiger partial charge in [-0.15, -0.1) is 0 Å². The number of aliphatic hydroxyl groups is 1. The zero-order valence-electron chi connectivity index (χ0n) is 10.5. The van der Waals surface area contributed by atoms with Gasteiger partial charge in [0, 0.05) is 5.02 Å². The van der Waals surface area contributed by atoms with E-state index in [0.29, 0.717) is 20.6 Å². The van der Waals surface area contributed by atoms with Gasteiger partial charge in [-0.25, -0.2) is 0 Å². The molecule has 0 bridgehead atoms. The molecule has 2 rings (SSSR count). The van der Waals surface area contributed by atoms with Gasteiger partial charge in [0.15, 0.2) is 0 Å². The van der Waals surface area contributed by atoms with Crippen LogP contribution in [0.2, 0.25) is 15.1 Å². The van der Waals surface area contributed by atoms with Crippen molar-refractivity contribution < 1.29 is 5.11 Å². The van der Waals surface area contributed by atoms with Crippen molar-refractivity contribution in [3.63, 3.8) is 0 Å². The highest BCUT2D eigenvalue weighted by molar-refractivity contribution is 6.42. The van der Waals surface area contributed by atoms with Crippen LogP contribution in [-0.4, -0.2) is 5.11 Å². The number of hydrogen-bond donors (Lipinski definition) is 1. The molecule has 2 aromatic carbocycles. The zero-order chi connectivity index (χ0) is 14.2. The number of benzene rings is 2. The summed E-state index contributed by atoms with van der Waals surface area (Å²) in [7, 11) is 0. The lowest BCUT2D eigenvalue weighted by molar-refractivity contribution is 0.219. The molecular formula is C15H13Cl3O. The summed E-state index contributed by atoms with van der Waals surface area (Å²) in [6.07, 6.45) is -0.745. The van der Waals surface area contributed by atoms with E-state index in [1.807, 2.05) is 26.0 Å². The van der Waals surface area contributed by atoms with E-state index in [2.05, 4.69) is 0 Å².